The van der Waals surface area contributed by atoms with Crippen molar-refractivity contribution in [3.05, 3.63) is 94.3 Å². The van der Waals surface area contributed by atoms with Crippen molar-refractivity contribution in [2.45, 2.75) is 25.9 Å². The molecule has 1 saturated heterocycles. The molecule has 0 aliphatic carbocycles. The van der Waals surface area contributed by atoms with Gasteiger partial charge < -0.3 is 9.64 Å². The van der Waals surface area contributed by atoms with Gasteiger partial charge in [0.2, 0.25) is 5.91 Å². The first kappa shape index (κ1) is 24.2. The summed E-state index contributed by atoms with van der Waals surface area (Å²) in [7, 11) is 0. The molecule has 0 saturated carbocycles. The summed E-state index contributed by atoms with van der Waals surface area (Å²) in [5.74, 6) is -1.91. The number of hydrogen-bond donors (Lipinski definition) is 0. The molecule has 0 spiro atoms. The third-order valence-corrected chi connectivity index (χ3v) is 5.52. The number of nitro benzene ring substituents is 1. The van der Waals surface area contributed by atoms with Crippen LogP contribution in [0.3, 0.4) is 0 Å². The molecular formula is C25H20N4O7. The van der Waals surface area contributed by atoms with Crippen molar-refractivity contribution < 1.29 is 28.8 Å². The molecule has 11 nitrogen and oxygen atoms in total. The molecule has 1 fully saturated rings. The number of hydrogen-bond acceptors (Lipinski definition) is 8. The summed E-state index contributed by atoms with van der Waals surface area (Å²) in [6.45, 7) is 1.25. The van der Waals surface area contributed by atoms with E-state index in [0.29, 0.717) is 5.56 Å². The highest BCUT2D eigenvalue weighted by atomic mass is 16.6. The number of non-ortho nitro benzene ring substituents is 1. The predicted molar refractivity (Wildman–Crippen MR) is 126 cm³/mol. The fraction of sp³-hybridized carbons (Fsp3) is 0.160. The first-order valence-electron chi connectivity index (χ1n) is 10.8. The number of carbonyl (C=O) groups excluding carboxylic acids is 4. The second-order valence-corrected chi connectivity index (χ2v) is 7.97. The maximum Gasteiger partial charge on any atom is 0.308 e. The summed E-state index contributed by atoms with van der Waals surface area (Å²) in [5, 5.41) is 11.0. The van der Waals surface area contributed by atoms with E-state index < -0.39 is 34.7 Å². The summed E-state index contributed by atoms with van der Waals surface area (Å²) >= 11 is 0. The Morgan fingerprint density at radius 2 is 1.81 bits per heavy atom. The van der Waals surface area contributed by atoms with Crippen molar-refractivity contribution >= 4 is 35.1 Å². The standard InChI is InChI=1S/C25H20N4O7/c1-16(30)36-21-10-8-19(9-11-21)28-23(31)13-22(25(28)33)27(15-17-3-2-12-26-14-17)24(32)18-4-6-20(7-5-18)29(34)35/h2-12,14,22H,13,15H2,1H3. The van der Waals surface area contributed by atoms with Gasteiger partial charge in [-0.15, -0.1) is 0 Å². The van der Waals surface area contributed by atoms with Crippen molar-refractivity contribution in [3.63, 3.8) is 0 Å². The highest BCUT2D eigenvalue weighted by Crippen LogP contribution is 2.29. The third-order valence-electron chi connectivity index (χ3n) is 5.52. The molecule has 0 bridgehead atoms. The van der Waals surface area contributed by atoms with Crippen LogP contribution in [0.25, 0.3) is 0 Å². The predicted octanol–water partition coefficient (Wildman–Crippen LogP) is 2.89. The number of ether oxygens (including phenoxy) is 1. The quantitative estimate of drug-likeness (QED) is 0.163. The average molecular weight is 488 g/mol. The second kappa shape index (κ2) is 10.1. The zero-order valence-electron chi connectivity index (χ0n) is 19.1. The largest absolute Gasteiger partial charge is 0.427 e. The van der Waals surface area contributed by atoms with Crippen LogP contribution in [0.5, 0.6) is 5.75 Å². The Balaban J connectivity index is 1.64. The summed E-state index contributed by atoms with van der Waals surface area (Å²) in [5.41, 5.74) is 0.861. The minimum absolute atomic E-state index is 0.00736. The van der Waals surface area contributed by atoms with E-state index in [4.69, 9.17) is 4.74 Å². The number of nitro groups is 1. The van der Waals surface area contributed by atoms with E-state index in [1.54, 1.807) is 24.5 Å². The van der Waals surface area contributed by atoms with E-state index in [9.17, 15) is 29.3 Å². The lowest BCUT2D eigenvalue weighted by Crippen LogP contribution is -2.45. The van der Waals surface area contributed by atoms with Crippen LogP contribution in [0.2, 0.25) is 0 Å². The number of aromatic nitrogens is 1. The molecule has 4 rings (SSSR count). The average Bonchev–Trinajstić information content (AvgIpc) is 3.16. The van der Waals surface area contributed by atoms with Crippen LogP contribution >= 0.6 is 0 Å². The fourth-order valence-corrected chi connectivity index (χ4v) is 3.86. The van der Waals surface area contributed by atoms with Crippen molar-refractivity contribution in [2.75, 3.05) is 4.90 Å². The Hall–Kier alpha value is -4.93. The monoisotopic (exact) mass is 488 g/mol. The fourth-order valence-electron chi connectivity index (χ4n) is 3.86. The summed E-state index contributed by atoms with van der Waals surface area (Å²) in [4.78, 5) is 67.6. The molecule has 0 N–H and O–H groups in total. The summed E-state index contributed by atoms with van der Waals surface area (Å²) in [6.07, 6.45) is 2.86. The Labute approximate surface area is 205 Å². The van der Waals surface area contributed by atoms with E-state index in [2.05, 4.69) is 4.98 Å². The first-order chi connectivity index (χ1) is 17.2. The number of nitrogens with zero attached hydrogens (tertiary/aromatic N) is 4. The molecule has 3 amide bonds. The number of esters is 1. The second-order valence-electron chi connectivity index (χ2n) is 7.97. The van der Waals surface area contributed by atoms with Gasteiger partial charge in [0.25, 0.3) is 17.5 Å². The van der Waals surface area contributed by atoms with Crippen LogP contribution in [-0.2, 0) is 20.9 Å². The van der Waals surface area contributed by atoms with E-state index in [-0.39, 0.29) is 35.7 Å². The molecule has 36 heavy (non-hydrogen) atoms. The normalized spacial score (nSPS) is 15.0. The molecule has 11 heteroatoms. The van der Waals surface area contributed by atoms with Crippen molar-refractivity contribution in [3.8, 4) is 5.75 Å². The van der Waals surface area contributed by atoms with Gasteiger partial charge in [-0.05, 0) is 48.0 Å². The van der Waals surface area contributed by atoms with Gasteiger partial charge in [-0.1, -0.05) is 6.07 Å². The number of benzene rings is 2. The highest BCUT2D eigenvalue weighted by Gasteiger charge is 2.44. The minimum atomic E-state index is -1.10. The molecule has 1 unspecified atom stereocenters. The Morgan fingerprint density at radius 1 is 1.11 bits per heavy atom. The lowest BCUT2D eigenvalue weighted by Gasteiger charge is -2.28. The van der Waals surface area contributed by atoms with Gasteiger partial charge in [-0.3, -0.25) is 34.3 Å². The Morgan fingerprint density at radius 3 is 2.39 bits per heavy atom. The van der Waals surface area contributed by atoms with Crippen LogP contribution < -0.4 is 9.64 Å². The zero-order valence-corrected chi connectivity index (χ0v) is 19.1. The van der Waals surface area contributed by atoms with Crippen molar-refractivity contribution in [1.82, 2.24) is 9.88 Å². The molecular weight excluding hydrogens is 468 g/mol. The molecule has 1 aliphatic rings. The Kier molecular flexibility index (Phi) is 6.81. The van der Waals surface area contributed by atoms with Gasteiger partial charge in [-0.25, -0.2) is 4.90 Å². The van der Waals surface area contributed by atoms with Crippen LogP contribution in [0.15, 0.2) is 73.1 Å². The Bertz CT molecular complexity index is 1320. The molecule has 0 radical (unpaired) electrons. The van der Waals surface area contributed by atoms with Crippen LogP contribution in [0, 0.1) is 10.1 Å². The van der Waals surface area contributed by atoms with Gasteiger partial charge in [0, 0.05) is 43.6 Å². The molecule has 1 atom stereocenters. The van der Waals surface area contributed by atoms with Gasteiger partial charge in [-0.2, -0.15) is 0 Å². The first-order valence-corrected chi connectivity index (χ1v) is 10.8. The summed E-state index contributed by atoms with van der Waals surface area (Å²) < 4.78 is 4.99. The van der Waals surface area contributed by atoms with Crippen LogP contribution in [0.4, 0.5) is 11.4 Å². The van der Waals surface area contributed by atoms with Crippen molar-refractivity contribution in [1.29, 1.82) is 0 Å². The van der Waals surface area contributed by atoms with Gasteiger partial charge in [0.05, 0.1) is 17.0 Å². The molecule has 2 aromatic carbocycles. The number of pyridine rings is 1. The van der Waals surface area contributed by atoms with Gasteiger partial charge in [0.15, 0.2) is 0 Å². The maximum atomic E-state index is 13.5. The molecule has 3 aromatic rings. The number of anilines is 1. The molecule has 1 aliphatic heterocycles. The lowest BCUT2D eigenvalue weighted by molar-refractivity contribution is -0.384. The third kappa shape index (κ3) is 5.09. The molecule has 1 aromatic heterocycles. The maximum absolute atomic E-state index is 13.5. The number of rotatable bonds is 7. The van der Waals surface area contributed by atoms with Crippen LogP contribution in [0.1, 0.15) is 29.3 Å². The van der Waals surface area contributed by atoms with Crippen molar-refractivity contribution in [2.24, 2.45) is 0 Å². The van der Waals surface area contributed by atoms with E-state index in [1.807, 2.05) is 0 Å². The summed E-state index contributed by atoms with van der Waals surface area (Å²) in [6, 6.07) is 13.2. The molecule has 2 heterocycles. The smallest absolute Gasteiger partial charge is 0.308 e. The topological polar surface area (TPSA) is 140 Å². The molecule has 182 valence electrons. The van der Waals surface area contributed by atoms with E-state index in [0.717, 1.165) is 4.90 Å². The number of amides is 3. The highest BCUT2D eigenvalue weighted by molar-refractivity contribution is 6.23. The van der Waals surface area contributed by atoms with Crippen LogP contribution in [-0.4, -0.2) is 44.5 Å². The minimum Gasteiger partial charge on any atom is -0.427 e. The van der Waals surface area contributed by atoms with E-state index >= 15 is 0 Å². The number of imide groups is 1. The van der Waals surface area contributed by atoms with Gasteiger partial charge in [0.1, 0.15) is 11.8 Å². The van der Waals surface area contributed by atoms with Gasteiger partial charge >= 0.3 is 5.97 Å². The lowest BCUT2D eigenvalue weighted by atomic mass is 10.1. The zero-order chi connectivity index (χ0) is 25.8. The van der Waals surface area contributed by atoms with E-state index in [1.165, 1.54) is 60.4 Å². The SMILES string of the molecule is CC(=O)Oc1ccc(N2C(=O)CC(N(Cc3cccnc3)C(=O)c3ccc([N+](=O)[O-])cc3)C2=O)cc1. The number of carbonyl (C=O) groups is 4.